The molecule has 4 heterocycles. The number of nitrogens with one attached hydrogen (secondary N) is 2. The maximum Gasteiger partial charge on any atom is 0.405 e. The Morgan fingerprint density at radius 2 is 1.69 bits per heavy atom. The summed E-state index contributed by atoms with van der Waals surface area (Å²) in [6.07, 6.45) is 0.0601. The summed E-state index contributed by atoms with van der Waals surface area (Å²) in [5.74, 6) is -0.751. The van der Waals surface area contributed by atoms with Crippen molar-refractivity contribution in [1.82, 2.24) is 24.8 Å². The van der Waals surface area contributed by atoms with Gasteiger partial charge in [-0.15, -0.1) is 0 Å². The smallest absolute Gasteiger partial charge is 0.405 e. The minimum Gasteiger partial charge on any atom is -0.493 e. The van der Waals surface area contributed by atoms with Gasteiger partial charge in [0.1, 0.15) is 11.9 Å². The van der Waals surface area contributed by atoms with Gasteiger partial charge in [-0.05, 0) is 25.2 Å². The number of rotatable bonds is 6. The Morgan fingerprint density at radius 1 is 0.949 bits per heavy atom. The van der Waals surface area contributed by atoms with Gasteiger partial charge in [-0.2, -0.15) is 18.2 Å². The Morgan fingerprint density at radius 3 is 2.46 bits per heavy atom. The molecule has 39 heavy (non-hydrogen) atoms. The number of pyridine rings is 2. The normalized spacial score (nSPS) is 16.4. The second kappa shape index (κ2) is 10.4. The van der Waals surface area contributed by atoms with Crippen molar-refractivity contribution >= 4 is 39.9 Å². The van der Waals surface area contributed by atoms with Gasteiger partial charge in [-0.3, -0.25) is 9.88 Å². The number of anilines is 5. The van der Waals surface area contributed by atoms with E-state index in [1.807, 2.05) is 0 Å². The predicted octanol–water partition coefficient (Wildman–Crippen LogP) is 4.88. The highest BCUT2D eigenvalue weighted by molar-refractivity contribution is 5.82. The summed E-state index contributed by atoms with van der Waals surface area (Å²) in [5.41, 5.74) is 1.26. The Bertz CT molecular complexity index is 1500. The third-order valence-electron chi connectivity index (χ3n) is 6.29. The van der Waals surface area contributed by atoms with E-state index < -0.39 is 23.9 Å². The monoisotopic (exact) mass is 546 g/mol. The molecule has 0 bridgehead atoms. The number of hydrogen-bond acceptors (Lipinski definition) is 9. The Hall–Kier alpha value is -4.33. The zero-order valence-corrected chi connectivity index (χ0v) is 20.8. The lowest BCUT2D eigenvalue weighted by Gasteiger charge is -2.40. The lowest BCUT2D eigenvalue weighted by atomic mass is 10.1. The van der Waals surface area contributed by atoms with Crippen LogP contribution in [0.5, 0.6) is 5.75 Å². The van der Waals surface area contributed by atoms with Crippen LogP contribution in [0.15, 0.2) is 48.9 Å². The Kier molecular flexibility index (Phi) is 7.04. The fourth-order valence-electron chi connectivity index (χ4n) is 4.27. The zero-order chi connectivity index (χ0) is 27.7. The van der Waals surface area contributed by atoms with Crippen LogP contribution in [0.25, 0.3) is 10.9 Å². The molecule has 1 unspecified atom stereocenters. The average Bonchev–Trinajstić information content (AvgIpc) is 2.89. The SMILES string of the molecule is COc1cc(Nc2nccc(Nc3cnc4cc(F)c(F)cc4c3)n2)cnc1N1CCN(C)C(C(F)(F)F)C1. The highest BCUT2D eigenvalue weighted by Gasteiger charge is 2.45. The highest BCUT2D eigenvalue weighted by atomic mass is 19.4. The molecule has 1 saturated heterocycles. The number of hydrogen-bond donors (Lipinski definition) is 2. The number of methoxy groups -OCH3 is 1. The third-order valence-corrected chi connectivity index (χ3v) is 6.29. The van der Waals surface area contributed by atoms with Gasteiger partial charge >= 0.3 is 6.18 Å². The number of fused-ring (bicyclic) bond motifs is 1. The van der Waals surface area contributed by atoms with Gasteiger partial charge in [0.25, 0.3) is 0 Å². The van der Waals surface area contributed by atoms with E-state index in [-0.39, 0.29) is 19.0 Å². The van der Waals surface area contributed by atoms with Crippen LogP contribution >= 0.6 is 0 Å². The molecule has 2 N–H and O–H groups in total. The van der Waals surface area contributed by atoms with E-state index in [1.54, 1.807) is 23.1 Å². The molecule has 0 radical (unpaired) electrons. The first-order valence-corrected chi connectivity index (χ1v) is 11.8. The van der Waals surface area contributed by atoms with Crippen molar-refractivity contribution in [2.24, 2.45) is 0 Å². The molecule has 204 valence electrons. The molecule has 4 aromatic rings. The van der Waals surface area contributed by atoms with Gasteiger partial charge in [0.2, 0.25) is 5.95 Å². The van der Waals surface area contributed by atoms with Crippen LogP contribution < -0.4 is 20.3 Å². The highest BCUT2D eigenvalue weighted by Crippen LogP contribution is 2.34. The van der Waals surface area contributed by atoms with Gasteiger partial charge in [0.05, 0.1) is 36.4 Å². The first-order chi connectivity index (χ1) is 18.6. The number of ether oxygens (including phenoxy) is 1. The summed E-state index contributed by atoms with van der Waals surface area (Å²) < 4.78 is 72.9. The van der Waals surface area contributed by atoms with Gasteiger partial charge in [0.15, 0.2) is 23.2 Å². The number of aromatic nitrogens is 4. The van der Waals surface area contributed by atoms with Gasteiger partial charge in [-0.1, -0.05) is 0 Å². The van der Waals surface area contributed by atoms with Crippen molar-refractivity contribution in [3.63, 3.8) is 0 Å². The minimum atomic E-state index is -4.37. The van der Waals surface area contributed by atoms with Crippen molar-refractivity contribution in [3.8, 4) is 5.75 Å². The summed E-state index contributed by atoms with van der Waals surface area (Å²) in [6.45, 7) is 0.320. The first-order valence-electron chi connectivity index (χ1n) is 11.8. The van der Waals surface area contributed by atoms with Crippen molar-refractivity contribution in [3.05, 3.63) is 60.6 Å². The second-order valence-corrected chi connectivity index (χ2v) is 8.93. The van der Waals surface area contributed by atoms with Crippen LogP contribution in [0, 0.1) is 11.6 Å². The molecule has 1 aromatic carbocycles. The van der Waals surface area contributed by atoms with E-state index in [1.165, 1.54) is 37.6 Å². The summed E-state index contributed by atoms with van der Waals surface area (Å²) >= 11 is 0. The van der Waals surface area contributed by atoms with Crippen LogP contribution in [0.4, 0.5) is 50.9 Å². The van der Waals surface area contributed by atoms with Crippen LogP contribution in [0.1, 0.15) is 0 Å². The van der Waals surface area contributed by atoms with Crippen molar-refractivity contribution < 1.29 is 26.7 Å². The molecular formula is C25H23F5N8O. The van der Waals surface area contributed by atoms with Crippen LogP contribution in [0.3, 0.4) is 0 Å². The molecule has 1 atom stereocenters. The number of nitrogens with zero attached hydrogens (tertiary/aromatic N) is 6. The van der Waals surface area contributed by atoms with Gasteiger partial charge in [0, 0.05) is 43.4 Å². The zero-order valence-electron chi connectivity index (χ0n) is 20.8. The summed E-state index contributed by atoms with van der Waals surface area (Å²) in [7, 11) is 2.87. The lowest BCUT2D eigenvalue weighted by Crippen LogP contribution is -2.57. The third kappa shape index (κ3) is 5.74. The largest absolute Gasteiger partial charge is 0.493 e. The topological polar surface area (TPSA) is 91.3 Å². The van der Waals surface area contributed by atoms with Crippen LogP contribution in [-0.4, -0.2) is 70.8 Å². The van der Waals surface area contributed by atoms with E-state index in [9.17, 15) is 22.0 Å². The molecule has 0 amide bonds. The maximum atomic E-state index is 13.6. The number of likely N-dealkylation sites (N-methyl/N-ethyl adjacent to an activating group) is 1. The molecular weight excluding hydrogens is 523 g/mol. The van der Waals surface area contributed by atoms with E-state index in [0.717, 1.165) is 12.1 Å². The molecule has 1 aliphatic heterocycles. The lowest BCUT2D eigenvalue weighted by molar-refractivity contribution is -0.180. The number of benzene rings is 1. The summed E-state index contributed by atoms with van der Waals surface area (Å²) in [5, 5.41) is 6.45. The van der Waals surface area contributed by atoms with E-state index in [2.05, 4.69) is 30.6 Å². The number of piperazine rings is 1. The second-order valence-electron chi connectivity index (χ2n) is 8.93. The van der Waals surface area contributed by atoms with E-state index >= 15 is 0 Å². The van der Waals surface area contributed by atoms with E-state index in [0.29, 0.717) is 46.2 Å². The molecule has 0 aliphatic carbocycles. The molecule has 3 aromatic heterocycles. The Labute approximate surface area is 219 Å². The molecule has 0 saturated carbocycles. The predicted molar refractivity (Wildman–Crippen MR) is 136 cm³/mol. The molecule has 5 rings (SSSR count). The molecule has 0 spiro atoms. The van der Waals surface area contributed by atoms with Crippen molar-refractivity contribution in [2.45, 2.75) is 12.2 Å². The first kappa shape index (κ1) is 26.3. The van der Waals surface area contributed by atoms with Crippen molar-refractivity contribution in [2.75, 3.05) is 49.3 Å². The van der Waals surface area contributed by atoms with Gasteiger partial charge < -0.3 is 20.3 Å². The molecule has 9 nitrogen and oxygen atoms in total. The van der Waals surface area contributed by atoms with Crippen LogP contribution in [0.2, 0.25) is 0 Å². The van der Waals surface area contributed by atoms with Crippen LogP contribution in [-0.2, 0) is 0 Å². The maximum absolute atomic E-state index is 13.6. The number of alkyl halides is 3. The summed E-state index contributed by atoms with van der Waals surface area (Å²) in [4.78, 5) is 19.9. The average molecular weight is 547 g/mol. The van der Waals surface area contributed by atoms with Gasteiger partial charge in [-0.25, -0.2) is 18.7 Å². The number of halogens is 5. The fourth-order valence-corrected chi connectivity index (χ4v) is 4.27. The standard InChI is InChI=1S/C25H23F5N8O/c1-37-5-6-38(13-21(37)25(28,29)30)23-20(39-2)9-16(12-33-23)35-24-31-4-3-22(36-24)34-15-7-14-8-17(26)18(27)10-19(14)32-11-15/h3-4,7-12,21H,5-6,13H2,1-2H3,(H2,31,34,35,36). The minimum absolute atomic E-state index is 0.204. The molecule has 14 heteroatoms. The Balaban J connectivity index is 1.32. The molecule has 1 fully saturated rings. The molecule has 1 aliphatic rings. The fraction of sp³-hybridized carbons (Fsp3) is 0.280. The quantitative estimate of drug-likeness (QED) is 0.329. The van der Waals surface area contributed by atoms with E-state index in [4.69, 9.17) is 4.74 Å². The summed E-state index contributed by atoms with van der Waals surface area (Å²) in [6, 6.07) is 5.28. The van der Waals surface area contributed by atoms with Crippen molar-refractivity contribution in [1.29, 1.82) is 0 Å².